The molecule has 2 aromatic carbocycles. The Bertz CT molecular complexity index is 656. The zero-order chi connectivity index (χ0) is 15.9. The van der Waals surface area contributed by atoms with Crippen LogP contribution in [0.5, 0.6) is 11.5 Å². The van der Waals surface area contributed by atoms with Crippen LogP contribution in [0.25, 0.3) is 0 Å². The molecular weight excluding hydrogens is 280 g/mol. The monoisotopic (exact) mass is 300 g/mol. The number of hydrogen-bond donors (Lipinski definition) is 2. The number of rotatable bonds is 2. The van der Waals surface area contributed by atoms with Crippen molar-refractivity contribution < 1.29 is 14.3 Å². The molecule has 116 valence electrons. The molecule has 5 heteroatoms. The van der Waals surface area contributed by atoms with E-state index in [-0.39, 0.29) is 0 Å². The van der Waals surface area contributed by atoms with Gasteiger partial charge in [-0.1, -0.05) is 12.1 Å². The van der Waals surface area contributed by atoms with Crippen LogP contribution < -0.4 is 20.5 Å². The largest absolute Gasteiger partial charge is 0.486 e. The summed E-state index contributed by atoms with van der Waals surface area (Å²) in [5.74, 6) is 1.73. The fraction of sp³-hybridized carbons (Fsp3) is 0.235. The first-order valence-corrected chi connectivity index (χ1v) is 7.02. The maximum atomic E-state index is 10.0. The first-order valence-electron chi connectivity index (χ1n) is 7.02. The normalized spacial score (nSPS) is 11.9. The van der Waals surface area contributed by atoms with E-state index in [1.165, 1.54) is 5.56 Å². The standard InChI is InChI=1S/C9H10O2.C8H10N2O/c1-7-2-3-8-9(6-7)11-5-4-10-8;1-6-2-3-7(10-5-11)4-8(6)9/h2-3,6H,4-5H2,1H3;2-5H,9H2,1H3,(H,10,11). The lowest BCUT2D eigenvalue weighted by Gasteiger charge is -2.18. The summed E-state index contributed by atoms with van der Waals surface area (Å²) in [5, 5.41) is 2.52. The Balaban J connectivity index is 0.000000160. The number of ether oxygens (including phenoxy) is 2. The van der Waals surface area contributed by atoms with Gasteiger partial charge in [0.2, 0.25) is 6.41 Å². The third-order valence-electron chi connectivity index (χ3n) is 3.20. The minimum Gasteiger partial charge on any atom is -0.486 e. The molecular formula is C17H20N2O3. The highest BCUT2D eigenvalue weighted by atomic mass is 16.6. The second-order valence-corrected chi connectivity index (χ2v) is 4.98. The van der Waals surface area contributed by atoms with E-state index in [1.807, 2.05) is 38.1 Å². The van der Waals surface area contributed by atoms with Crippen LogP contribution >= 0.6 is 0 Å². The van der Waals surface area contributed by atoms with Crippen molar-refractivity contribution in [2.24, 2.45) is 0 Å². The van der Waals surface area contributed by atoms with Crippen LogP contribution in [0.3, 0.4) is 0 Å². The van der Waals surface area contributed by atoms with Gasteiger partial charge in [-0.25, -0.2) is 0 Å². The average Bonchev–Trinajstić information content (AvgIpc) is 2.52. The van der Waals surface area contributed by atoms with E-state index in [4.69, 9.17) is 15.2 Å². The molecule has 1 aliphatic rings. The van der Waals surface area contributed by atoms with Crippen molar-refractivity contribution in [1.29, 1.82) is 0 Å². The number of carbonyl (C=O) groups excluding carboxylic acids is 1. The Morgan fingerprint density at radius 3 is 2.45 bits per heavy atom. The SMILES string of the molecule is Cc1ccc(NC=O)cc1N.Cc1ccc2c(c1)OCCO2. The van der Waals surface area contributed by atoms with Gasteiger partial charge >= 0.3 is 0 Å². The van der Waals surface area contributed by atoms with Gasteiger partial charge in [-0.15, -0.1) is 0 Å². The average molecular weight is 300 g/mol. The highest BCUT2D eigenvalue weighted by Crippen LogP contribution is 2.30. The Morgan fingerprint density at radius 1 is 1.05 bits per heavy atom. The highest BCUT2D eigenvalue weighted by Gasteiger charge is 2.09. The topological polar surface area (TPSA) is 73.6 Å². The number of aryl methyl sites for hydroxylation is 2. The summed E-state index contributed by atoms with van der Waals surface area (Å²) in [6.07, 6.45) is 0.629. The number of anilines is 2. The van der Waals surface area contributed by atoms with Gasteiger partial charge in [0.05, 0.1) is 0 Å². The van der Waals surface area contributed by atoms with Gasteiger partial charge in [0.1, 0.15) is 13.2 Å². The van der Waals surface area contributed by atoms with Crippen LogP contribution in [0, 0.1) is 13.8 Å². The lowest BCUT2D eigenvalue weighted by molar-refractivity contribution is -0.105. The van der Waals surface area contributed by atoms with Crippen molar-refractivity contribution in [3.05, 3.63) is 47.5 Å². The first-order chi connectivity index (χ1) is 10.6. The molecule has 0 radical (unpaired) electrons. The number of nitrogens with two attached hydrogens (primary N) is 1. The second-order valence-electron chi connectivity index (χ2n) is 4.98. The van der Waals surface area contributed by atoms with Gasteiger partial charge in [-0.3, -0.25) is 4.79 Å². The second kappa shape index (κ2) is 7.36. The van der Waals surface area contributed by atoms with Crippen LogP contribution in [0.1, 0.15) is 11.1 Å². The number of amides is 1. The summed E-state index contributed by atoms with van der Waals surface area (Å²) >= 11 is 0. The molecule has 1 amide bonds. The van der Waals surface area contributed by atoms with Crippen molar-refractivity contribution in [1.82, 2.24) is 0 Å². The van der Waals surface area contributed by atoms with Crippen LogP contribution in [-0.4, -0.2) is 19.6 Å². The Hall–Kier alpha value is -2.69. The van der Waals surface area contributed by atoms with Gasteiger partial charge in [0.15, 0.2) is 11.5 Å². The van der Waals surface area contributed by atoms with Gasteiger partial charge in [0.25, 0.3) is 0 Å². The van der Waals surface area contributed by atoms with E-state index in [2.05, 4.69) is 5.32 Å². The zero-order valence-corrected chi connectivity index (χ0v) is 12.8. The van der Waals surface area contributed by atoms with Crippen LogP contribution in [0.15, 0.2) is 36.4 Å². The minimum absolute atomic E-state index is 0.629. The molecule has 0 aromatic heterocycles. The minimum atomic E-state index is 0.629. The van der Waals surface area contributed by atoms with Crippen LogP contribution in [0.2, 0.25) is 0 Å². The number of nitrogens with one attached hydrogen (secondary N) is 1. The lowest BCUT2D eigenvalue weighted by Crippen LogP contribution is -2.15. The van der Waals surface area contributed by atoms with E-state index >= 15 is 0 Å². The Morgan fingerprint density at radius 2 is 1.77 bits per heavy atom. The third kappa shape index (κ3) is 4.15. The molecule has 0 saturated heterocycles. The number of hydrogen-bond acceptors (Lipinski definition) is 4. The molecule has 0 atom stereocenters. The molecule has 0 saturated carbocycles. The van der Waals surface area contributed by atoms with E-state index < -0.39 is 0 Å². The van der Waals surface area contributed by atoms with Crippen molar-refractivity contribution >= 4 is 17.8 Å². The molecule has 0 bridgehead atoms. The van der Waals surface area contributed by atoms with Crippen molar-refractivity contribution in [2.45, 2.75) is 13.8 Å². The molecule has 22 heavy (non-hydrogen) atoms. The van der Waals surface area contributed by atoms with Crippen molar-refractivity contribution in [2.75, 3.05) is 24.3 Å². The lowest BCUT2D eigenvalue weighted by atomic mass is 10.2. The smallest absolute Gasteiger partial charge is 0.211 e. The van der Waals surface area contributed by atoms with E-state index in [1.54, 1.807) is 12.1 Å². The van der Waals surface area contributed by atoms with Gasteiger partial charge < -0.3 is 20.5 Å². The number of benzene rings is 2. The molecule has 5 nitrogen and oxygen atoms in total. The molecule has 1 aliphatic heterocycles. The maximum absolute atomic E-state index is 10.0. The molecule has 0 fully saturated rings. The van der Waals surface area contributed by atoms with Crippen LogP contribution in [-0.2, 0) is 4.79 Å². The van der Waals surface area contributed by atoms with Crippen molar-refractivity contribution in [3.8, 4) is 11.5 Å². The quantitative estimate of drug-likeness (QED) is 0.660. The summed E-state index contributed by atoms with van der Waals surface area (Å²) in [4.78, 5) is 10.0. The zero-order valence-electron chi connectivity index (χ0n) is 12.8. The Labute approximate surface area is 130 Å². The molecule has 3 rings (SSSR count). The number of fused-ring (bicyclic) bond motifs is 1. The first kappa shape index (κ1) is 15.7. The van der Waals surface area contributed by atoms with Crippen molar-refractivity contribution in [3.63, 3.8) is 0 Å². The van der Waals surface area contributed by atoms with Gasteiger partial charge in [0, 0.05) is 11.4 Å². The predicted octanol–water partition coefficient (Wildman–Crippen LogP) is 2.91. The van der Waals surface area contributed by atoms with E-state index in [9.17, 15) is 4.79 Å². The van der Waals surface area contributed by atoms with Gasteiger partial charge in [-0.05, 0) is 49.2 Å². The van der Waals surface area contributed by atoms with E-state index in [0.29, 0.717) is 25.3 Å². The molecule has 2 aromatic rings. The maximum Gasteiger partial charge on any atom is 0.211 e. The summed E-state index contributed by atoms with van der Waals surface area (Å²) in [7, 11) is 0. The number of carbonyl (C=O) groups is 1. The fourth-order valence-electron chi connectivity index (χ4n) is 1.95. The third-order valence-corrected chi connectivity index (χ3v) is 3.20. The van der Waals surface area contributed by atoms with Gasteiger partial charge in [-0.2, -0.15) is 0 Å². The fourth-order valence-corrected chi connectivity index (χ4v) is 1.95. The molecule has 1 heterocycles. The number of nitrogen functional groups attached to an aromatic ring is 1. The molecule has 0 aliphatic carbocycles. The molecule has 3 N–H and O–H groups in total. The predicted molar refractivity (Wildman–Crippen MR) is 87.4 cm³/mol. The highest BCUT2D eigenvalue weighted by molar-refractivity contribution is 5.73. The summed E-state index contributed by atoms with van der Waals surface area (Å²) in [6.45, 7) is 5.28. The summed E-state index contributed by atoms with van der Waals surface area (Å²) in [5.41, 5.74) is 9.23. The molecule has 0 unspecified atom stereocenters. The van der Waals surface area contributed by atoms with Crippen LogP contribution in [0.4, 0.5) is 11.4 Å². The van der Waals surface area contributed by atoms with E-state index in [0.717, 1.165) is 22.7 Å². The Kier molecular flexibility index (Phi) is 5.25. The molecule has 0 spiro atoms. The summed E-state index contributed by atoms with van der Waals surface area (Å²) < 4.78 is 10.7. The summed E-state index contributed by atoms with van der Waals surface area (Å²) in [6, 6.07) is 11.4.